The third kappa shape index (κ3) is 5.31. The first-order valence-electron chi connectivity index (χ1n) is 7.56. The van der Waals surface area contributed by atoms with Crippen LogP contribution < -0.4 is 10.7 Å². The molecule has 2 rings (SSSR count). The van der Waals surface area contributed by atoms with Crippen LogP contribution in [0.25, 0.3) is 0 Å². The molecular weight excluding hydrogens is 304 g/mol. The molecule has 0 aliphatic rings. The number of aryl methyl sites for hydroxylation is 2. The molecule has 2 aromatic rings. The first-order valence-corrected chi connectivity index (χ1v) is 7.56. The average Bonchev–Trinajstić information content (AvgIpc) is 2.52. The van der Waals surface area contributed by atoms with Crippen molar-refractivity contribution in [1.82, 2.24) is 10.4 Å². The minimum absolute atomic E-state index is 0.0975. The van der Waals surface area contributed by atoms with E-state index in [1.807, 2.05) is 32.0 Å². The SMILES string of the molecule is C/C(CC(=O)Nc1cc(C)cc(C)c1)=N\NC(=O)c1cccnc1. The number of nitrogens with one attached hydrogen (secondary N) is 2. The Labute approximate surface area is 141 Å². The van der Waals surface area contributed by atoms with Crippen LogP contribution in [-0.2, 0) is 4.79 Å². The molecule has 0 saturated carbocycles. The van der Waals surface area contributed by atoms with Gasteiger partial charge in [0.2, 0.25) is 5.91 Å². The number of carbonyl (C=O) groups is 2. The Morgan fingerprint density at radius 3 is 2.50 bits per heavy atom. The standard InChI is InChI=1S/C18H20N4O2/c1-12-7-13(2)9-16(8-12)20-17(23)10-14(3)21-22-18(24)15-5-4-6-19-11-15/h4-9,11H,10H2,1-3H3,(H,20,23)(H,22,24)/b21-14+. The van der Waals surface area contributed by atoms with Crippen LogP contribution in [0.15, 0.2) is 47.8 Å². The predicted octanol–water partition coefficient (Wildman–Crippen LogP) is 2.83. The predicted molar refractivity (Wildman–Crippen MR) is 94.0 cm³/mol. The van der Waals surface area contributed by atoms with Gasteiger partial charge in [-0.05, 0) is 56.2 Å². The van der Waals surface area contributed by atoms with Gasteiger partial charge in [0.15, 0.2) is 0 Å². The fourth-order valence-corrected chi connectivity index (χ4v) is 2.23. The van der Waals surface area contributed by atoms with Crippen LogP contribution in [0.5, 0.6) is 0 Å². The molecule has 6 nitrogen and oxygen atoms in total. The monoisotopic (exact) mass is 324 g/mol. The molecule has 0 aliphatic heterocycles. The van der Waals surface area contributed by atoms with Crippen molar-refractivity contribution >= 4 is 23.2 Å². The fraction of sp³-hybridized carbons (Fsp3) is 0.222. The zero-order chi connectivity index (χ0) is 17.5. The highest BCUT2D eigenvalue weighted by molar-refractivity contribution is 6.06. The second-order valence-electron chi connectivity index (χ2n) is 5.63. The maximum atomic E-state index is 12.0. The molecule has 0 spiro atoms. The Bertz CT molecular complexity index is 750. The van der Waals surface area contributed by atoms with Crippen LogP contribution in [0, 0.1) is 13.8 Å². The number of aromatic nitrogens is 1. The lowest BCUT2D eigenvalue weighted by molar-refractivity contribution is -0.115. The fourth-order valence-electron chi connectivity index (χ4n) is 2.23. The quantitative estimate of drug-likeness (QED) is 0.655. The summed E-state index contributed by atoms with van der Waals surface area (Å²) in [5, 5.41) is 6.78. The number of benzene rings is 1. The third-order valence-corrected chi connectivity index (χ3v) is 3.19. The minimum atomic E-state index is -0.364. The lowest BCUT2D eigenvalue weighted by Gasteiger charge is -2.07. The number of nitrogens with zero attached hydrogens (tertiary/aromatic N) is 2. The molecule has 2 N–H and O–H groups in total. The normalized spacial score (nSPS) is 11.0. The molecule has 24 heavy (non-hydrogen) atoms. The second kappa shape index (κ2) is 8.01. The van der Waals surface area contributed by atoms with E-state index in [-0.39, 0.29) is 18.2 Å². The number of pyridine rings is 1. The van der Waals surface area contributed by atoms with Gasteiger partial charge < -0.3 is 5.32 Å². The molecule has 0 aliphatic carbocycles. The molecule has 1 aromatic carbocycles. The van der Waals surface area contributed by atoms with Crippen molar-refractivity contribution in [2.45, 2.75) is 27.2 Å². The van der Waals surface area contributed by atoms with E-state index in [1.54, 1.807) is 25.3 Å². The van der Waals surface area contributed by atoms with Gasteiger partial charge in [0.05, 0.1) is 12.0 Å². The Morgan fingerprint density at radius 1 is 1.17 bits per heavy atom. The summed E-state index contributed by atoms with van der Waals surface area (Å²) in [6.07, 6.45) is 3.13. The summed E-state index contributed by atoms with van der Waals surface area (Å²) in [7, 11) is 0. The highest BCUT2D eigenvalue weighted by Crippen LogP contribution is 2.14. The zero-order valence-corrected chi connectivity index (χ0v) is 14.0. The summed E-state index contributed by atoms with van der Waals surface area (Å²) in [6.45, 7) is 5.64. The minimum Gasteiger partial charge on any atom is -0.326 e. The van der Waals surface area contributed by atoms with Gasteiger partial charge in [-0.1, -0.05) is 6.07 Å². The van der Waals surface area contributed by atoms with Gasteiger partial charge in [0.1, 0.15) is 0 Å². The molecule has 6 heteroatoms. The van der Waals surface area contributed by atoms with Crippen molar-refractivity contribution in [3.8, 4) is 0 Å². The number of amides is 2. The van der Waals surface area contributed by atoms with Gasteiger partial charge in [-0.15, -0.1) is 0 Å². The van der Waals surface area contributed by atoms with Crippen LogP contribution >= 0.6 is 0 Å². The van der Waals surface area contributed by atoms with Crippen molar-refractivity contribution in [3.63, 3.8) is 0 Å². The van der Waals surface area contributed by atoms with E-state index in [4.69, 9.17) is 0 Å². The number of anilines is 1. The Hall–Kier alpha value is -3.02. The summed E-state index contributed by atoms with van der Waals surface area (Å²) < 4.78 is 0. The van der Waals surface area contributed by atoms with Crippen LogP contribution in [0.2, 0.25) is 0 Å². The van der Waals surface area contributed by atoms with Crippen molar-refractivity contribution in [3.05, 3.63) is 59.4 Å². The molecular formula is C18H20N4O2. The summed E-state index contributed by atoms with van der Waals surface area (Å²) in [5.74, 6) is -0.547. The molecule has 1 heterocycles. The van der Waals surface area contributed by atoms with Gasteiger partial charge in [-0.25, -0.2) is 5.43 Å². The Kier molecular flexibility index (Phi) is 5.78. The van der Waals surface area contributed by atoms with Crippen molar-refractivity contribution < 1.29 is 9.59 Å². The van der Waals surface area contributed by atoms with Gasteiger partial charge >= 0.3 is 0 Å². The molecule has 0 radical (unpaired) electrons. The molecule has 0 fully saturated rings. The van der Waals surface area contributed by atoms with E-state index in [9.17, 15) is 9.59 Å². The average molecular weight is 324 g/mol. The lowest BCUT2D eigenvalue weighted by Crippen LogP contribution is -2.21. The summed E-state index contributed by atoms with van der Waals surface area (Å²) >= 11 is 0. The lowest BCUT2D eigenvalue weighted by atomic mass is 10.1. The third-order valence-electron chi connectivity index (χ3n) is 3.19. The summed E-state index contributed by atoms with van der Waals surface area (Å²) in [5.41, 5.74) is 6.25. The molecule has 2 amide bonds. The van der Waals surface area contributed by atoms with E-state index in [0.29, 0.717) is 11.3 Å². The number of rotatable bonds is 5. The Morgan fingerprint density at radius 2 is 1.88 bits per heavy atom. The summed E-state index contributed by atoms with van der Waals surface area (Å²) in [4.78, 5) is 27.8. The second-order valence-corrected chi connectivity index (χ2v) is 5.63. The maximum Gasteiger partial charge on any atom is 0.272 e. The van der Waals surface area contributed by atoms with Crippen LogP contribution in [-0.4, -0.2) is 22.5 Å². The zero-order valence-electron chi connectivity index (χ0n) is 14.0. The van der Waals surface area contributed by atoms with Gasteiger partial charge in [-0.2, -0.15) is 5.10 Å². The number of hydrogen-bond acceptors (Lipinski definition) is 4. The molecule has 0 unspecified atom stereocenters. The smallest absolute Gasteiger partial charge is 0.272 e. The molecule has 1 aromatic heterocycles. The van der Waals surface area contributed by atoms with Crippen LogP contribution in [0.1, 0.15) is 34.8 Å². The molecule has 124 valence electrons. The van der Waals surface area contributed by atoms with E-state index in [2.05, 4.69) is 20.8 Å². The van der Waals surface area contributed by atoms with Gasteiger partial charge in [0.25, 0.3) is 5.91 Å². The van der Waals surface area contributed by atoms with Gasteiger partial charge in [-0.3, -0.25) is 14.6 Å². The van der Waals surface area contributed by atoms with Crippen LogP contribution in [0.4, 0.5) is 5.69 Å². The number of hydrazone groups is 1. The maximum absolute atomic E-state index is 12.0. The van der Waals surface area contributed by atoms with E-state index < -0.39 is 0 Å². The summed E-state index contributed by atoms with van der Waals surface area (Å²) in [6, 6.07) is 9.15. The van der Waals surface area contributed by atoms with E-state index >= 15 is 0 Å². The molecule has 0 bridgehead atoms. The molecule has 0 atom stereocenters. The number of hydrogen-bond donors (Lipinski definition) is 2. The highest BCUT2D eigenvalue weighted by Gasteiger charge is 2.07. The van der Waals surface area contributed by atoms with E-state index in [0.717, 1.165) is 16.8 Å². The Balaban J connectivity index is 1.90. The molecule has 0 saturated heterocycles. The number of carbonyl (C=O) groups excluding carboxylic acids is 2. The van der Waals surface area contributed by atoms with Gasteiger partial charge in [0, 0.05) is 23.8 Å². The first kappa shape index (κ1) is 17.3. The van der Waals surface area contributed by atoms with Crippen molar-refractivity contribution in [2.75, 3.05) is 5.32 Å². The topological polar surface area (TPSA) is 83.5 Å². The largest absolute Gasteiger partial charge is 0.326 e. The first-order chi connectivity index (χ1) is 11.4. The highest BCUT2D eigenvalue weighted by atomic mass is 16.2. The van der Waals surface area contributed by atoms with Crippen LogP contribution in [0.3, 0.4) is 0 Å². The van der Waals surface area contributed by atoms with Crippen molar-refractivity contribution in [1.29, 1.82) is 0 Å². The van der Waals surface area contributed by atoms with E-state index in [1.165, 1.54) is 6.20 Å². The van der Waals surface area contributed by atoms with Crippen molar-refractivity contribution in [2.24, 2.45) is 5.10 Å².